The molecule has 0 aliphatic heterocycles. The van der Waals surface area contributed by atoms with Crippen LogP contribution in [0.15, 0.2) is 36.5 Å². The Bertz CT molecular complexity index is 727. The quantitative estimate of drug-likeness (QED) is 0.833. The number of carboxylic acid groups (broad SMARTS) is 1. The third kappa shape index (κ3) is 4.83. The number of carbonyl (C=O) groups excluding carboxylic acids is 1. The first-order valence-electron chi connectivity index (χ1n) is 7.69. The Balaban J connectivity index is 2.19. The second-order valence-electron chi connectivity index (χ2n) is 5.91. The predicted molar refractivity (Wildman–Crippen MR) is 91.6 cm³/mol. The number of carbonyl (C=O) groups is 2. The molecule has 1 N–H and O–H groups in total. The highest BCUT2D eigenvalue weighted by molar-refractivity contribution is 6.30. The van der Waals surface area contributed by atoms with Gasteiger partial charge in [-0.3, -0.25) is 9.59 Å². The van der Waals surface area contributed by atoms with Gasteiger partial charge in [0.05, 0.1) is 12.1 Å². The summed E-state index contributed by atoms with van der Waals surface area (Å²) in [5.74, 6) is -0.968. The molecule has 0 aliphatic carbocycles. The lowest BCUT2D eigenvalue weighted by Crippen LogP contribution is -2.36. The average molecular weight is 350 g/mol. The number of hydrogen-bond donors (Lipinski definition) is 1. The number of rotatable bonds is 7. The van der Waals surface area contributed by atoms with Crippen molar-refractivity contribution in [3.8, 4) is 5.69 Å². The van der Waals surface area contributed by atoms with Crippen LogP contribution in [0, 0.1) is 5.92 Å². The molecule has 0 unspecified atom stereocenters. The molecule has 1 aromatic heterocycles. The molecule has 0 spiro atoms. The van der Waals surface area contributed by atoms with Crippen molar-refractivity contribution >= 4 is 23.5 Å². The van der Waals surface area contributed by atoms with Crippen molar-refractivity contribution in [1.29, 1.82) is 0 Å². The van der Waals surface area contributed by atoms with Crippen LogP contribution in [0.2, 0.25) is 5.02 Å². The standard InChI is InChI=1S/C17H20ClN3O3/c1-12(2)11-20(8-7-16(22)23)17(24)15-6-9-21(19-15)14-5-3-4-13(18)10-14/h3-6,9-10,12H,7-8,11H2,1-2H3,(H,22,23). The highest BCUT2D eigenvalue weighted by Gasteiger charge is 2.20. The fourth-order valence-corrected chi connectivity index (χ4v) is 2.49. The monoisotopic (exact) mass is 349 g/mol. The number of carboxylic acids is 1. The Morgan fingerprint density at radius 1 is 1.33 bits per heavy atom. The van der Waals surface area contributed by atoms with Crippen LogP contribution in [0.3, 0.4) is 0 Å². The van der Waals surface area contributed by atoms with Gasteiger partial charge in [0.2, 0.25) is 0 Å². The molecule has 0 radical (unpaired) electrons. The van der Waals surface area contributed by atoms with E-state index in [1.54, 1.807) is 35.1 Å². The Morgan fingerprint density at radius 3 is 2.71 bits per heavy atom. The summed E-state index contributed by atoms with van der Waals surface area (Å²) >= 11 is 5.97. The first kappa shape index (κ1) is 18.0. The number of benzene rings is 1. The summed E-state index contributed by atoms with van der Waals surface area (Å²) in [7, 11) is 0. The van der Waals surface area contributed by atoms with E-state index in [4.69, 9.17) is 16.7 Å². The summed E-state index contributed by atoms with van der Waals surface area (Å²) < 4.78 is 1.57. The van der Waals surface area contributed by atoms with Gasteiger partial charge in [-0.25, -0.2) is 4.68 Å². The number of halogens is 1. The molecule has 1 aromatic carbocycles. The van der Waals surface area contributed by atoms with E-state index >= 15 is 0 Å². The van der Waals surface area contributed by atoms with Crippen molar-refractivity contribution in [3.05, 3.63) is 47.2 Å². The van der Waals surface area contributed by atoms with Gasteiger partial charge in [-0.05, 0) is 30.2 Å². The summed E-state index contributed by atoms with van der Waals surface area (Å²) in [6.07, 6.45) is 1.59. The van der Waals surface area contributed by atoms with E-state index in [-0.39, 0.29) is 30.5 Å². The van der Waals surface area contributed by atoms with Crippen LogP contribution in [0.1, 0.15) is 30.8 Å². The third-order valence-corrected chi connectivity index (χ3v) is 3.58. The fourth-order valence-electron chi connectivity index (χ4n) is 2.31. The molecule has 128 valence electrons. The van der Waals surface area contributed by atoms with Crippen molar-refractivity contribution < 1.29 is 14.7 Å². The van der Waals surface area contributed by atoms with Crippen LogP contribution in [0.4, 0.5) is 0 Å². The number of amides is 1. The van der Waals surface area contributed by atoms with Crippen molar-refractivity contribution in [2.24, 2.45) is 5.92 Å². The first-order valence-corrected chi connectivity index (χ1v) is 8.07. The van der Waals surface area contributed by atoms with Crippen LogP contribution in [0.5, 0.6) is 0 Å². The van der Waals surface area contributed by atoms with E-state index in [2.05, 4.69) is 5.10 Å². The summed E-state index contributed by atoms with van der Waals surface area (Å²) in [4.78, 5) is 25.0. The lowest BCUT2D eigenvalue weighted by molar-refractivity contribution is -0.137. The molecule has 0 aliphatic rings. The maximum atomic E-state index is 12.6. The van der Waals surface area contributed by atoms with Crippen molar-refractivity contribution in [2.45, 2.75) is 20.3 Å². The van der Waals surface area contributed by atoms with Gasteiger partial charge in [-0.2, -0.15) is 5.10 Å². The highest BCUT2D eigenvalue weighted by atomic mass is 35.5. The Labute approximate surface area is 145 Å². The lowest BCUT2D eigenvalue weighted by atomic mass is 10.2. The van der Waals surface area contributed by atoms with Gasteiger partial charge in [-0.15, -0.1) is 0 Å². The van der Waals surface area contributed by atoms with E-state index in [0.29, 0.717) is 11.6 Å². The SMILES string of the molecule is CC(C)CN(CCC(=O)O)C(=O)c1ccn(-c2cccc(Cl)c2)n1. The van der Waals surface area contributed by atoms with Crippen LogP contribution in [-0.4, -0.2) is 44.8 Å². The predicted octanol–water partition coefficient (Wildman–Crippen LogP) is 3.10. The minimum atomic E-state index is -0.930. The highest BCUT2D eigenvalue weighted by Crippen LogP contribution is 2.15. The van der Waals surface area contributed by atoms with Gasteiger partial charge in [0.25, 0.3) is 5.91 Å². The van der Waals surface area contributed by atoms with Gasteiger partial charge in [0.1, 0.15) is 0 Å². The smallest absolute Gasteiger partial charge is 0.305 e. The maximum absolute atomic E-state index is 12.6. The molecular weight excluding hydrogens is 330 g/mol. The molecule has 1 amide bonds. The average Bonchev–Trinajstić information content (AvgIpc) is 3.00. The lowest BCUT2D eigenvalue weighted by Gasteiger charge is -2.23. The zero-order valence-electron chi connectivity index (χ0n) is 13.6. The summed E-state index contributed by atoms with van der Waals surface area (Å²) in [6, 6.07) is 8.77. The molecule has 2 aromatic rings. The van der Waals surface area contributed by atoms with Crippen molar-refractivity contribution in [1.82, 2.24) is 14.7 Å². The van der Waals surface area contributed by atoms with Crippen LogP contribution < -0.4 is 0 Å². The van der Waals surface area contributed by atoms with E-state index < -0.39 is 5.97 Å². The molecule has 0 bridgehead atoms. The van der Waals surface area contributed by atoms with Crippen LogP contribution >= 0.6 is 11.6 Å². The number of hydrogen-bond acceptors (Lipinski definition) is 3. The van der Waals surface area contributed by atoms with Crippen LogP contribution in [-0.2, 0) is 4.79 Å². The number of aliphatic carboxylic acids is 1. The summed E-state index contributed by atoms with van der Waals surface area (Å²) in [5.41, 5.74) is 1.03. The zero-order valence-corrected chi connectivity index (χ0v) is 14.4. The minimum absolute atomic E-state index is 0.0898. The van der Waals surface area contributed by atoms with Crippen molar-refractivity contribution in [3.63, 3.8) is 0 Å². The third-order valence-electron chi connectivity index (χ3n) is 3.35. The molecule has 7 heteroatoms. The molecule has 0 fully saturated rings. The van der Waals surface area contributed by atoms with Gasteiger partial charge in [0.15, 0.2) is 5.69 Å². The molecule has 1 heterocycles. The molecule has 0 atom stereocenters. The number of nitrogens with zero attached hydrogens (tertiary/aromatic N) is 3. The van der Waals surface area contributed by atoms with E-state index in [1.165, 1.54) is 4.90 Å². The first-order chi connectivity index (χ1) is 11.4. The Morgan fingerprint density at radius 2 is 2.08 bits per heavy atom. The Kier molecular flexibility index (Phi) is 5.98. The molecular formula is C17H20ClN3O3. The zero-order chi connectivity index (χ0) is 17.7. The summed E-state index contributed by atoms with van der Waals surface area (Å²) in [5, 5.41) is 13.7. The minimum Gasteiger partial charge on any atom is -0.481 e. The maximum Gasteiger partial charge on any atom is 0.305 e. The van der Waals surface area contributed by atoms with Gasteiger partial charge >= 0.3 is 5.97 Å². The topological polar surface area (TPSA) is 75.4 Å². The summed E-state index contributed by atoms with van der Waals surface area (Å²) in [6.45, 7) is 4.60. The van der Waals surface area contributed by atoms with Crippen molar-refractivity contribution in [2.75, 3.05) is 13.1 Å². The van der Waals surface area contributed by atoms with Gasteiger partial charge < -0.3 is 10.0 Å². The van der Waals surface area contributed by atoms with E-state index in [0.717, 1.165) is 5.69 Å². The van der Waals surface area contributed by atoms with Gasteiger partial charge in [0, 0.05) is 24.3 Å². The molecule has 2 rings (SSSR count). The molecule has 6 nitrogen and oxygen atoms in total. The van der Waals surface area contributed by atoms with Crippen LogP contribution in [0.25, 0.3) is 5.69 Å². The fraction of sp³-hybridized carbons (Fsp3) is 0.353. The van der Waals surface area contributed by atoms with E-state index in [9.17, 15) is 9.59 Å². The largest absolute Gasteiger partial charge is 0.481 e. The second-order valence-corrected chi connectivity index (χ2v) is 6.35. The Hall–Kier alpha value is -2.34. The van der Waals surface area contributed by atoms with Gasteiger partial charge in [-0.1, -0.05) is 31.5 Å². The molecule has 24 heavy (non-hydrogen) atoms. The normalized spacial score (nSPS) is 10.8. The molecule has 0 saturated heterocycles. The number of aromatic nitrogens is 2. The second kappa shape index (κ2) is 7.97. The molecule has 0 saturated carbocycles. The van der Waals surface area contributed by atoms with E-state index in [1.807, 2.05) is 19.9 Å².